The van der Waals surface area contributed by atoms with Crippen molar-refractivity contribution in [1.29, 1.82) is 0 Å². The van der Waals surface area contributed by atoms with Crippen LogP contribution in [0.4, 0.5) is 24.8 Å². The van der Waals surface area contributed by atoms with Crippen LogP contribution >= 0.6 is 27.5 Å². The van der Waals surface area contributed by atoms with Gasteiger partial charge in [0.05, 0.1) is 11.0 Å². The van der Waals surface area contributed by atoms with Crippen molar-refractivity contribution in [3.63, 3.8) is 0 Å². The molecule has 192 valence electrons. The van der Waals surface area contributed by atoms with Gasteiger partial charge in [0.15, 0.2) is 11.6 Å². The zero-order valence-electron chi connectivity index (χ0n) is 19.1. The van der Waals surface area contributed by atoms with Crippen LogP contribution in [0.15, 0.2) is 46.9 Å². The minimum absolute atomic E-state index is 0.547. The number of fused-ring (bicyclic) bond motifs is 1. The first-order chi connectivity index (χ1) is 17.1. The molecule has 1 aliphatic carbocycles. The maximum atomic E-state index is 10.6. The van der Waals surface area contributed by atoms with Crippen LogP contribution in [-0.2, 0) is 11.3 Å². The number of aromatic nitrogens is 2. The van der Waals surface area contributed by atoms with Crippen LogP contribution in [0.2, 0.25) is 5.02 Å². The van der Waals surface area contributed by atoms with E-state index in [4.69, 9.17) is 31.5 Å². The zero-order chi connectivity index (χ0) is 25.9. The Hall–Kier alpha value is -2.63. The first-order valence-corrected chi connectivity index (χ1v) is 12.5. The lowest BCUT2D eigenvalue weighted by Gasteiger charge is -2.36. The van der Waals surface area contributed by atoms with Crippen LogP contribution < -0.4 is 10.2 Å². The smallest absolute Gasteiger partial charge is 0.475 e. The predicted molar refractivity (Wildman–Crippen MR) is 137 cm³/mol. The minimum Gasteiger partial charge on any atom is -0.475 e. The van der Waals surface area contributed by atoms with E-state index in [2.05, 4.69) is 31.0 Å². The standard InChI is InChI=1S/C22H23BrClN5.C2HF3O2/c23-18-8-5-16(24)13-15(18)14-28-9-11-29(12-10-28)22-21(25-17-6-7-17)26-19-3-1-2-4-20(19)27-22;3-2(4,5)1(6)7/h1-5,8,13,17H,6-7,9-12,14H2,(H,25,26);(H,6,7). The van der Waals surface area contributed by atoms with Crippen molar-refractivity contribution in [2.24, 2.45) is 0 Å². The van der Waals surface area contributed by atoms with E-state index >= 15 is 0 Å². The van der Waals surface area contributed by atoms with Gasteiger partial charge < -0.3 is 15.3 Å². The van der Waals surface area contributed by atoms with Gasteiger partial charge in [-0.3, -0.25) is 4.90 Å². The fourth-order valence-electron chi connectivity index (χ4n) is 3.75. The van der Waals surface area contributed by atoms with Gasteiger partial charge >= 0.3 is 12.1 Å². The van der Waals surface area contributed by atoms with E-state index in [-0.39, 0.29) is 0 Å². The van der Waals surface area contributed by atoms with Crippen molar-refractivity contribution in [1.82, 2.24) is 14.9 Å². The Bertz CT molecular complexity index is 1230. The van der Waals surface area contributed by atoms with Crippen molar-refractivity contribution in [2.45, 2.75) is 31.6 Å². The molecule has 0 unspecified atom stereocenters. The largest absolute Gasteiger partial charge is 0.490 e. The number of aliphatic carboxylic acids is 1. The Morgan fingerprint density at radius 3 is 2.28 bits per heavy atom. The number of hydrogen-bond acceptors (Lipinski definition) is 6. The summed E-state index contributed by atoms with van der Waals surface area (Å²) >= 11 is 9.82. The van der Waals surface area contributed by atoms with Crippen LogP contribution in [0.5, 0.6) is 0 Å². The van der Waals surface area contributed by atoms with Crippen LogP contribution in [0, 0.1) is 0 Å². The molecule has 1 aromatic heterocycles. The van der Waals surface area contributed by atoms with E-state index in [1.807, 2.05) is 42.5 Å². The van der Waals surface area contributed by atoms with Crippen LogP contribution in [0.1, 0.15) is 18.4 Å². The second-order valence-electron chi connectivity index (χ2n) is 8.60. The summed E-state index contributed by atoms with van der Waals surface area (Å²) in [6.07, 6.45) is -2.65. The van der Waals surface area contributed by atoms with Gasteiger partial charge in [0.2, 0.25) is 0 Å². The monoisotopic (exact) mass is 585 g/mol. The number of anilines is 2. The maximum Gasteiger partial charge on any atom is 0.490 e. The Kier molecular flexibility index (Phi) is 8.21. The number of nitrogens with zero attached hydrogens (tertiary/aromatic N) is 4. The van der Waals surface area contributed by atoms with Crippen LogP contribution in [0.25, 0.3) is 11.0 Å². The van der Waals surface area contributed by atoms with Gasteiger partial charge in [-0.05, 0) is 48.7 Å². The highest BCUT2D eigenvalue weighted by molar-refractivity contribution is 9.10. The quantitative estimate of drug-likeness (QED) is 0.404. The summed E-state index contributed by atoms with van der Waals surface area (Å²) in [4.78, 5) is 23.6. The summed E-state index contributed by atoms with van der Waals surface area (Å²) in [5.74, 6) is -0.844. The fourth-order valence-corrected chi connectivity index (χ4v) is 4.32. The van der Waals surface area contributed by atoms with E-state index in [1.54, 1.807) is 0 Å². The summed E-state index contributed by atoms with van der Waals surface area (Å²) < 4.78 is 32.8. The Morgan fingerprint density at radius 1 is 1.08 bits per heavy atom. The molecule has 0 bridgehead atoms. The number of carboxylic acid groups (broad SMARTS) is 1. The number of carbonyl (C=O) groups is 1. The number of carboxylic acids is 1. The van der Waals surface area contributed by atoms with E-state index in [0.717, 1.165) is 64.9 Å². The Morgan fingerprint density at radius 2 is 1.69 bits per heavy atom. The normalized spacial score (nSPS) is 16.4. The first-order valence-electron chi connectivity index (χ1n) is 11.3. The Balaban J connectivity index is 0.000000384. The third kappa shape index (κ3) is 6.98. The number of para-hydroxylation sites is 2. The van der Waals surface area contributed by atoms with E-state index in [9.17, 15) is 13.2 Å². The molecule has 12 heteroatoms. The molecule has 2 aliphatic rings. The predicted octanol–water partition coefficient (Wildman–Crippen LogP) is 5.58. The summed E-state index contributed by atoms with van der Waals surface area (Å²) in [6.45, 7) is 4.73. The maximum absolute atomic E-state index is 10.6. The average Bonchev–Trinajstić information content (AvgIpc) is 3.65. The molecular formula is C24H24BrClF3N5O2. The minimum atomic E-state index is -5.08. The third-order valence-corrected chi connectivity index (χ3v) is 6.80. The molecule has 0 atom stereocenters. The first kappa shape index (κ1) is 26.4. The molecule has 2 fully saturated rings. The molecule has 0 amide bonds. The van der Waals surface area contributed by atoms with Gasteiger partial charge in [0, 0.05) is 48.3 Å². The van der Waals surface area contributed by atoms with Crippen molar-refractivity contribution >= 4 is 56.2 Å². The third-order valence-electron chi connectivity index (χ3n) is 5.79. The number of benzene rings is 2. The molecule has 2 N–H and O–H groups in total. The summed E-state index contributed by atoms with van der Waals surface area (Å²) in [7, 11) is 0. The van der Waals surface area contributed by atoms with Gasteiger partial charge in [-0.2, -0.15) is 13.2 Å². The molecular weight excluding hydrogens is 563 g/mol. The van der Waals surface area contributed by atoms with Crippen molar-refractivity contribution in [3.05, 3.63) is 57.5 Å². The molecule has 1 saturated carbocycles. The average molecular weight is 587 g/mol. The van der Waals surface area contributed by atoms with Gasteiger partial charge in [-0.25, -0.2) is 14.8 Å². The molecule has 2 heterocycles. The van der Waals surface area contributed by atoms with Gasteiger partial charge in [-0.15, -0.1) is 0 Å². The van der Waals surface area contributed by atoms with Crippen molar-refractivity contribution in [3.8, 4) is 0 Å². The molecule has 0 spiro atoms. The lowest BCUT2D eigenvalue weighted by Crippen LogP contribution is -2.46. The highest BCUT2D eigenvalue weighted by atomic mass is 79.9. The molecule has 2 aromatic carbocycles. The number of alkyl halides is 3. The number of nitrogens with one attached hydrogen (secondary N) is 1. The number of hydrogen-bond donors (Lipinski definition) is 2. The molecule has 5 rings (SSSR count). The molecule has 0 radical (unpaired) electrons. The summed E-state index contributed by atoms with van der Waals surface area (Å²) in [5.41, 5.74) is 3.13. The summed E-state index contributed by atoms with van der Waals surface area (Å²) in [6, 6.07) is 14.6. The van der Waals surface area contributed by atoms with E-state index in [1.165, 1.54) is 18.4 Å². The van der Waals surface area contributed by atoms with Gasteiger partial charge in [0.25, 0.3) is 0 Å². The van der Waals surface area contributed by atoms with Crippen LogP contribution in [-0.4, -0.2) is 64.3 Å². The van der Waals surface area contributed by atoms with Gasteiger partial charge in [0.1, 0.15) is 0 Å². The fraction of sp³-hybridized carbons (Fsp3) is 0.375. The van der Waals surface area contributed by atoms with Crippen LogP contribution in [0.3, 0.4) is 0 Å². The summed E-state index contributed by atoms with van der Waals surface area (Å²) in [5, 5.41) is 11.5. The molecule has 3 aromatic rings. The second-order valence-corrected chi connectivity index (χ2v) is 9.90. The van der Waals surface area contributed by atoms with E-state index < -0.39 is 12.1 Å². The number of piperazine rings is 1. The lowest BCUT2D eigenvalue weighted by molar-refractivity contribution is -0.192. The zero-order valence-corrected chi connectivity index (χ0v) is 21.4. The lowest BCUT2D eigenvalue weighted by atomic mass is 10.2. The highest BCUT2D eigenvalue weighted by Crippen LogP contribution is 2.31. The topological polar surface area (TPSA) is 81.6 Å². The molecule has 7 nitrogen and oxygen atoms in total. The highest BCUT2D eigenvalue weighted by Gasteiger charge is 2.38. The molecule has 1 saturated heterocycles. The molecule has 36 heavy (non-hydrogen) atoms. The van der Waals surface area contributed by atoms with Crippen molar-refractivity contribution < 1.29 is 23.1 Å². The van der Waals surface area contributed by atoms with E-state index in [0.29, 0.717) is 6.04 Å². The number of halogens is 5. The van der Waals surface area contributed by atoms with Crippen molar-refractivity contribution in [2.75, 3.05) is 36.4 Å². The second kappa shape index (κ2) is 11.2. The number of rotatable bonds is 5. The van der Waals surface area contributed by atoms with Gasteiger partial charge in [-0.1, -0.05) is 39.7 Å². The molecule has 1 aliphatic heterocycles. The Labute approximate surface area is 219 Å². The SMILES string of the molecule is Clc1ccc(Br)c(CN2CCN(c3nc4ccccc4nc3NC3CC3)CC2)c1.O=C(O)C(F)(F)F.